The molecule has 1 aliphatic rings. The van der Waals surface area contributed by atoms with Crippen molar-refractivity contribution in [1.82, 2.24) is 10.2 Å². The van der Waals surface area contributed by atoms with Gasteiger partial charge < -0.3 is 19.7 Å². The number of hydrogen-bond donors (Lipinski definition) is 1. The molecule has 1 N–H and O–H groups in total. The van der Waals surface area contributed by atoms with E-state index in [0.29, 0.717) is 17.1 Å². The fraction of sp³-hybridized carbons (Fsp3) is 0.682. The highest BCUT2D eigenvalue weighted by Gasteiger charge is 2.41. The minimum absolute atomic E-state index is 0.0182. The summed E-state index contributed by atoms with van der Waals surface area (Å²) >= 11 is 0. The molecule has 0 bridgehead atoms. The van der Waals surface area contributed by atoms with Crippen LogP contribution >= 0.6 is 0 Å². The lowest BCUT2D eigenvalue weighted by atomic mass is 9.78. The molecule has 1 aromatic rings. The fourth-order valence-electron chi connectivity index (χ4n) is 4.48. The maximum absolute atomic E-state index is 13.6. The van der Waals surface area contributed by atoms with Crippen LogP contribution in [0.15, 0.2) is 18.2 Å². The van der Waals surface area contributed by atoms with Crippen LogP contribution in [0.2, 0.25) is 0 Å². The van der Waals surface area contributed by atoms with Crippen LogP contribution in [-0.2, 0) is 0 Å². The number of methoxy groups -OCH3 is 2. The lowest BCUT2D eigenvalue weighted by molar-refractivity contribution is 0.0438. The number of piperidine rings is 1. The molecule has 0 atom stereocenters. The molecule has 152 valence electrons. The van der Waals surface area contributed by atoms with Crippen LogP contribution in [0.4, 0.5) is 0 Å². The maximum atomic E-state index is 13.6. The highest BCUT2D eigenvalue weighted by molar-refractivity contribution is 5.98. The smallest absolute Gasteiger partial charge is 0.258 e. The van der Waals surface area contributed by atoms with Gasteiger partial charge in [-0.3, -0.25) is 4.79 Å². The van der Waals surface area contributed by atoms with E-state index in [4.69, 9.17) is 9.47 Å². The molecule has 0 radical (unpaired) electrons. The molecule has 5 heteroatoms. The van der Waals surface area contributed by atoms with Crippen LogP contribution in [0.3, 0.4) is 0 Å². The Bertz CT molecular complexity index is 639. The van der Waals surface area contributed by atoms with Gasteiger partial charge in [-0.2, -0.15) is 0 Å². The molecule has 1 amide bonds. The maximum Gasteiger partial charge on any atom is 0.258 e. The number of benzene rings is 1. The lowest BCUT2D eigenvalue weighted by Gasteiger charge is -2.49. The van der Waals surface area contributed by atoms with Gasteiger partial charge in [0.2, 0.25) is 0 Å². The minimum atomic E-state index is -0.0182. The van der Waals surface area contributed by atoms with Crippen LogP contribution < -0.4 is 14.8 Å². The molecule has 27 heavy (non-hydrogen) atoms. The monoisotopic (exact) mass is 376 g/mol. The first-order chi connectivity index (χ1) is 12.6. The average molecular weight is 377 g/mol. The van der Waals surface area contributed by atoms with Gasteiger partial charge in [0.1, 0.15) is 0 Å². The number of para-hydroxylation sites is 1. The third kappa shape index (κ3) is 5.16. The summed E-state index contributed by atoms with van der Waals surface area (Å²) in [4.78, 5) is 15.7. The Morgan fingerprint density at radius 3 is 2.30 bits per heavy atom. The first-order valence-electron chi connectivity index (χ1n) is 9.95. The predicted molar refractivity (Wildman–Crippen MR) is 110 cm³/mol. The second-order valence-electron chi connectivity index (χ2n) is 8.85. The van der Waals surface area contributed by atoms with Gasteiger partial charge in [0.05, 0.1) is 19.8 Å². The van der Waals surface area contributed by atoms with E-state index < -0.39 is 0 Å². The van der Waals surface area contributed by atoms with Crippen molar-refractivity contribution in [1.29, 1.82) is 0 Å². The highest BCUT2D eigenvalue weighted by Crippen LogP contribution is 2.35. The summed E-state index contributed by atoms with van der Waals surface area (Å²) in [6, 6.07) is 5.69. The van der Waals surface area contributed by atoms with Crippen LogP contribution in [0, 0.1) is 0 Å². The molecule has 1 aromatic carbocycles. The number of amides is 1. The number of carbonyl (C=O) groups is 1. The lowest BCUT2D eigenvalue weighted by Crippen LogP contribution is -2.62. The Balaban J connectivity index is 2.40. The van der Waals surface area contributed by atoms with Crippen LogP contribution in [0.25, 0.3) is 0 Å². The van der Waals surface area contributed by atoms with Gasteiger partial charge in [-0.05, 0) is 59.1 Å². The first-order valence-corrected chi connectivity index (χ1v) is 9.95. The zero-order valence-corrected chi connectivity index (χ0v) is 18.0. The van der Waals surface area contributed by atoms with Crippen LogP contribution in [0.5, 0.6) is 11.5 Å². The molecule has 0 aliphatic carbocycles. The molecule has 1 aliphatic heterocycles. The second-order valence-corrected chi connectivity index (χ2v) is 8.85. The summed E-state index contributed by atoms with van der Waals surface area (Å²) in [7, 11) is 3.18. The zero-order chi connectivity index (χ0) is 20.2. The topological polar surface area (TPSA) is 50.8 Å². The largest absolute Gasteiger partial charge is 0.493 e. The van der Waals surface area contributed by atoms with Gasteiger partial charge in [-0.25, -0.2) is 0 Å². The third-order valence-electron chi connectivity index (χ3n) is 5.26. The Kier molecular flexibility index (Phi) is 6.79. The number of nitrogens with zero attached hydrogens (tertiary/aromatic N) is 1. The van der Waals surface area contributed by atoms with Gasteiger partial charge in [0, 0.05) is 23.7 Å². The van der Waals surface area contributed by atoms with Crippen molar-refractivity contribution in [2.45, 2.75) is 77.4 Å². The van der Waals surface area contributed by atoms with E-state index in [9.17, 15) is 4.79 Å². The van der Waals surface area contributed by atoms with Crippen LogP contribution in [0.1, 0.15) is 70.7 Å². The molecule has 1 heterocycles. The molecule has 5 nitrogen and oxygen atoms in total. The number of nitrogens with one attached hydrogen (secondary N) is 1. The Hall–Kier alpha value is -1.75. The van der Waals surface area contributed by atoms with E-state index in [1.165, 1.54) is 0 Å². The molecule has 1 saturated heterocycles. The van der Waals surface area contributed by atoms with E-state index in [1.807, 2.05) is 18.2 Å². The number of ether oxygens (including phenoxy) is 2. The molecule has 2 rings (SSSR count). The molecule has 1 fully saturated rings. The molecule has 0 aromatic heterocycles. The Labute approximate surface area is 164 Å². The first kappa shape index (κ1) is 21.5. The molecule has 0 saturated carbocycles. The predicted octanol–water partition coefficient (Wildman–Crippen LogP) is 4.26. The van der Waals surface area contributed by atoms with Crippen LogP contribution in [-0.4, -0.2) is 48.7 Å². The standard InChI is InChI=1S/C22H36N2O3/c1-8-9-13-24(16-14-21(2,3)23-22(4,5)15-16)20(25)17-11-10-12-18(26-6)19(17)27-7/h10-12,16,23H,8-9,13-15H2,1-7H3. The number of hydrogen-bond acceptors (Lipinski definition) is 4. The SMILES string of the molecule is CCCCN(C(=O)c1cccc(OC)c1OC)C1CC(C)(C)NC(C)(C)C1. The van der Waals surface area contributed by atoms with Crippen molar-refractivity contribution in [3.63, 3.8) is 0 Å². The molecular weight excluding hydrogens is 340 g/mol. The van der Waals surface area contributed by atoms with Crippen molar-refractivity contribution >= 4 is 5.91 Å². The number of unbranched alkanes of at least 4 members (excludes halogenated alkanes) is 1. The Morgan fingerprint density at radius 1 is 1.15 bits per heavy atom. The van der Waals surface area contributed by atoms with Gasteiger partial charge in [0.15, 0.2) is 11.5 Å². The fourth-order valence-corrected chi connectivity index (χ4v) is 4.48. The average Bonchev–Trinajstić information content (AvgIpc) is 2.58. The van der Waals surface area contributed by atoms with Crippen molar-refractivity contribution < 1.29 is 14.3 Å². The van der Waals surface area contributed by atoms with Gasteiger partial charge in [-0.1, -0.05) is 19.4 Å². The Morgan fingerprint density at radius 2 is 1.78 bits per heavy atom. The van der Waals surface area contributed by atoms with Gasteiger partial charge >= 0.3 is 0 Å². The van der Waals surface area contributed by atoms with Crippen molar-refractivity contribution in [3.8, 4) is 11.5 Å². The summed E-state index contributed by atoms with van der Waals surface area (Å²) in [5.74, 6) is 1.13. The molecule has 0 unspecified atom stereocenters. The summed E-state index contributed by atoms with van der Waals surface area (Å²) in [6.45, 7) is 11.8. The van der Waals surface area contributed by atoms with E-state index in [2.05, 4.69) is 44.8 Å². The van der Waals surface area contributed by atoms with E-state index >= 15 is 0 Å². The number of rotatable bonds is 7. The van der Waals surface area contributed by atoms with Crippen molar-refractivity contribution in [2.24, 2.45) is 0 Å². The summed E-state index contributed by atoms with van der Waals surface area (Å²) < 4.78 is 10.9. The normalized spacial score (nSPS) is 18.8. The van der Waals surface area contributed by atoms with E-state index in [-0.39, 0.29) is 23.0 Å². The summed E-state index contributed by atoms with van der Waals surface area (Å²) in [5, 5.41) is 3.71. The second kappa shape index (κ2) is 8.51. The highest BCUT2D eigenvalue weighted by atomic mass is 16.5. The van der Waals surface area contributed by atoms with Crippen molar-refractivity contribution in [2.75, 3.05) is 20.8 Å². The van der Waals surface area contributed by atoms with Crippen molar-refractivity contribution in [3.05, 3.63) is 23.8 Å². The molecule has 0 spiro atoms. The van der Waals surface area contributed by atoms with E-state index in [1.54, 1.807) is 14.2 Å². The van der Waals surface area contributed by atoms with Gasteiger partial charge in [0.25, 0.3) is 5.91 Å². The quantitative estimate of drug-likeness (QED) is 0.773. The number of carbonyl (C=O) groups excluding carboxylic acids is 1. The summed E-state index contributed by atoms with van der Waals surface area (Å²) in [6.07, 6.45) is 3.90. The minimum Gasteiger partial charge on any atom is -0.493 e. The third-order valence-corrected chi connectivity index (χ3v) is 5.26. The molecular formula is C22H36N2O3. The summed E-state index contributed by atoms with van der Waals surface area (Å²) in [5.41, 5.74) is 0.535. The van der Waals surface area contributed by atoms with E-state index in [0.717, 1.165) is 32.2 Å². The van der Waals surface area contributed by atoms with Gasteiger partial charge in [-0.15, -0.1) is 0 Å². The zero-order valence-electron chi connectivity index (χ0n) is 18.0.